The summed E-state index contributed by atoms with van der Waals surface area (Å²) in [6.07, 6.45) is 1.67. The minimum atomic E-state index is -3.20. The molecule has 0 fully saturated rings. The highest BCUT2D eigenvalue weighted by Crippen LogP contribution is 2.19. The van der Waals surface area contributed by atoms with Gasteiger partial charge in [0, 0.05) is 17.4 Å². The molecular formula is C9H10O4S. The average Bonchev–Trinajstić information content (AvgIpc) is 2.06. The summed E-state index contributed by atoms with van der Waals surface area (Å²) in [5.41, 5.74) is 0.596. The van der Waals surface area contributed by atoms with Crippen molar-refractivity contribution in [1.82, 2.24) is 0 Å². The molecule has 0 saturated heterocycles. The topological polar surface area (TPSA) is 71.4 Å². The van der Waals surface area contributed by atoms with Crippen molar-refractivity contribution >= 4 is 16.1 Å². The van der Waals surface area contributed by atoms with E-state index in [2.05, 4.69) is 0 Å². The molecule has 5 heteroatoms. The highest BCUT2D eigenvalue weighted by Gasteiger charge is 2.09. The summed E-state index contributed by atoms with van der Waals surface area (Å²) < 4.78 is 21.9. The van der Waals surface area contributed by atoms with Gasteiger partial charge in [-0.3, -0.25) is 4.79 Å². The molecule has 0 spiro atoms. The van der Waals surface area contributed by atoms with Crippen LogP contribution in [0.1, 0.15) is 15.9 Å². The largest absolute Gasteiger partial charge is 0.508 e. The summed E-state index contributed by atoms with van der Waals surface area (Å²) >= 11 is 0. The smallest absolute Gasteiger partial charge is 0.151 e. The zero-order valence-electron chi connectivity index (χ0n) is 7.60. The summed E-state index contributed by atoms with van der Waals surface area (Å²) in [5, 5.41) is 9.31. The summed E-state index contributed by atoms with van der Waals surface area (Å²) in [6, 6.07) is 4.10. The number of rotatable bonds is 3. The zero-order valence-corrected chi connectivity index (χ0v) is 8.41. The number of phenols is 1. The van der Waals surface area contributed by atoms with E-state index in [1.165, 1.54) is 18.2 Å². The van der Waals surface area contributed by atoms with Crippen molar-refractivity contribution in [3.63, 3.8) is 0 Å². The van der Waals surface area contributed by atoms with E-state index in [1.54, 1.807) is 0 Å². The third-order valence-electron chi connectivity index (χ3n) is 1.66. The molecule has 0 saturated carbocycles. The molecule has 0 aliphatic heterocycles. The maximum atomic E-state index is 11.0. The lowest BCUT2D eigenvalue weighted by Gasteiger charge is -2.03. The van der Waals surface area contributed by atoms with Gasteiger partial charge in [-0.05, 0) is 18.2 Å². The molecule has 76 valence electrons. The second kappa shape index (κ2) is 3.79. The summed E-state index contributed by atoms with van der Waals surface area (Å²) in [7, 11) is -3.20. The summed E-state index contributed by atoms with van der Waals surface area (Å²) in [5.74, 6) is -0.374. The van der Waals surface area contributed by atoms with Crippen LogP contribution >= 0.6 is 0 Å². The van der Waals surface area contributed by atoms with Crippen LogP contribution in [-0.2, 0) is 15.6 Å². The average molecular weight is 214 g/mol. The van der Waals surface area contributed by atoms with Crippen LogP contribution in [0.5, 0.6) is 5.75 Å². The Labute approximate surface area is 82.1 Å². The number of carbonyl (C=O) groups is 1. The number of phenolic OH excluding ortho intramolecular Hbond substituents is 1. The molecule has 0 heterocycles. The second-order valence-corrected chi connectivity index (χ2v) is 5.22. The molecule has 0 aliphatic carbocycles. The van der Waals surface area contributed by atoms with E-state index in [1.807, 2.05) is 0 Å². The van der Waals surface area contributed by atoms with Crippen LogP contribution in [-0.4, -0.2) is 26.1 Å². The van der Waals surface area contributed by atoms with E-state index in [4.69, 9.17) is 0 Å². The molecule has 0 bridgehead atoms. The first-order valence-electron chi connectivity index (χ1n) is 3.87. The van der Waals surface area contributed by atoms with Gasteiger partial charge in [0.2, 0.25) is 0 Å². The third kappa shape index (κ3) is 2.85. The molecule has 0 atom stereocenters. The Bertz CT molecular complexity index is 448. The van der Waals surface area contributed by atoms with Crippen LogP contribution in [0.25, 0.3) is 0 Å². The van der Waals surface area contributed by atoms with Gasteiger partial charge in [0.15, 0.2) is 9.84 Å². The van der Waals surface area contributed by atoms with Gasteiger partial charge < -0.3 is 5.11 Å². The SMILES string of the molecule is CS(=O)(=O)Cc1cc(C=O)ccc1O. The molecule has 1 aromatic carbocycles. The van der Waals surface area contributed by atoms with Crippen molar-refractivity contribution < 1.29 is 18.3 Å². The molecule has 0 unspecified atom stereocenters. The fourth-order valence-corrected chi connectivity index (χ4v) is 1.87. The van der Waals surface area contributed by atoms with Crippen LogP contribution in [0, 0.1) is 0 Å². The molecule has 0 radical (unpaired) electrons. The maximum Gasteiger partial charge on any atom is 0.151 e. The van der Waals surface area contributed by atoms with Crippen molar-refractivity contribution in [2.75, 3.05) is 6.26 Å². The first-order chi connectivity index (χ1) is 6.42. The molecule has 0 amide bonds. The van der Waals surface area contributed by atoms with E-state index in [0.717, 1.165) is 6.26 Å². The van der Waals surface area contributed by atoms with Gasteiger partial charge in [-0.1, -0.05) is 0 Å². The number of carbonyl (C=O) groups excluding carboxylic acids is 1. The van der Waals surface area contributed by atoms with Crippen LogP contribution in [0.4, 0.5) is 0 Å². The summed E-state index contributed by atoms with van der Waals surface area (Å²) in [4.78, 5) is 10.4. The second-order valence-electron chi connectivity index (χ2n) is 3.08. The number of hydrogen-bond donors (Lipinski definition) is 1. The van der Waals surface area contributed by atoms with Gasteiger partial charge >= 0.3 is 0 Å². The van der Waals surface area contributed by atoms with Crippen LogP contribution in [0.2, 0.25) is 0 Å². The van der Waals surface area contributed by atoms with Gasteiger partial charge in [-0.2, -0.15) is 0 Å². The summed E-state index contributed by atoms with van der Waals surface area (Å²) in [6.45, 7) is 0. The monoisotopic (exact) mass is 214 g/mol. The van der Waals surface area contributed by atoms with Crippen molar-refractivity contribution in [1.29, 1.82) is 0 Å². The van der Waals surface area contributed by atoms with Crippen molar-refractivity contribution in [2.24, 2.45) is 0 Å². The minimum absolute atomic E-state index is 0.110. The molecule has 0 aliphatic rings. The molecule has 1 rings (SSSR count). The van der Waals surface area contributed by atoms with Crippen molar-refractivity contribution in [2.45, 2.75) is 5.75 Å². The Morgan fingerprint density at radius 2 is 2.07 bits per heavy atom. The van der Waals surface area contributed by atoms with Crippen LogP contribution in [0.15, 0.2) is 18.2 Å². The molecule has 14 heavy (non-hydrogen) atoms. The number of aldehydes is 1. The van der Waals surface area contributed by atoms with E-state index in [0.29, 0.717) is 11.8 Å². The first-order valence-corrected chi connectivity index (χ1v) is 5.93. The van der Waals surface area contributed by atoms with Gasteiger partial charge in [0.05, 0.1) is 5.75 Å². The lowest BCUT2D eigenvalue weighted by molar-refractivity contribution is 0.112. The first kappa shape index (κ1) is 10.7. The molecule has 4 nitrogen and oxygen atoms in total. The van der Waals surface area contributed by atoms with Crippen LogP contribution in [0.3, 0.4) is 0 Å². The van der Waals surface area contributed by atoms with E-state index < -0.39 is 9.84 Å². The third-order valence-corrected chi connectivity index (χ3v) is 2.49. The molecule has 1 aromatic rings. The lowest BCUT2D eigenvalue weighted by Crippen LogP contribution is -2.01. The van der Waals surface area contributed by atoms with Gasteiger partial charge in [0.1, 0.15) is 12.0 Å². The highest BCUT2D eigenvalue weighted by molar-refractivity contribution is 7.89. The molecular weight excluding hydrogens is 204 g/mol. The Hall–Kier alpha value is -1.36. The predicted octanol–water partition coefficient (Wildman–Crippen LogP) is 0.749. The standard InChI is InChI=1S/C9H10O4S/c1-14(12,13)6-8-4-7(5-10)2-3-9(8)11/h2-5,11H,6H2,1H3. The van der Waals surface area contributed by atoms with Gasteiger partial charge in [-0.15, -0.1) is 0 Å². The zero-order chi connectivity index (χ0) is 10.8. The maximum absolute atomic E-state index is 11.0. The Morgan fingerprint density at radius 3 is 2.57 bits per heavy atom. The van der Waals surface area contributed by atoms with E-state index in [9.17, 15) is 18.3 Å². The molecule has 0 aromatic heterocycles. The Balaban J connectivity index is 3.13. The lowest BCUT2D eigenvalue weighted by atomic mass is 10.1. The van der Waals surface area contributed by atoms with E-state index in [-0.39, 0.29) is 17.1 Å². The number of benzene rings is 1. The highest BCUT2D eigenvalue weighted by atomic mass is 32.2. The molecule has 1 N–H and O–H groups in total. The van der Waals surface area contributed by atoms with Crippen LogP contribution < -0.4 is 0 Å². The number of sulfone groups is 1. The van der Waals surface area contributed by atoms with Gasteiger partial charge in [0.25, 0.3) is 0 Å². The van der Waals surface area contributed by atoms with Crippen molar-refractivity contribution in [3.05, 3.63) is 29.3 Å². The van der Waals surface area contributed by atoms with Gasteiger partial charge in [-0.25, -0.2) is 8.42 Å². The fraction of sp³-hybridized carbons (Fsp3) is 0.222. The Kier molecular flexibility index (Phi) is 2.90. The quantitative estimate of drug-likeness (QED) is 0.753. The normalized spacial score (nSPS) is 11.2. The predicted molar refractivity (Wildman–Crippen MR) is 52.0 cm³/mol. The van der Waals surface area contributed by atoms with Crippen molar-refractivity contribution in [3.8, 4) is 5.75 Å². The minimum Gasteiger partial charge on any atom is -0.508 e. The Morgan fingerprint density at radius 1 is 1.43 bits per heavy atom. The fourth-order valence-electron chi connectivity index (χ4n) is 1.08. The van der Waals surface area contributed by atoms with E-state index >= 15 is 0 Å². The number of aromatic hydroxyl groups is 1. The number of hydrogen-bond acceptors (Lipinski definition) is 4.